The molecule has 1 saturated heterocycles. The van der Waals surface area contributed by atoms with Crippen LogP contribution in [0.2, 0.25) is 0 Å². The fourth-order valence-electron chi connectivity index (χ4n) is 3.70. The summed E-state index contributed by atoms with van der Waals surface area (Å²) in [5.41, 5.74) is 2.09. The van der Waals surface area contributed by atoms with Crippen molar-refractivity contribution in [1.29, 1.82) is 0 Å². The number of rotatable bonds is 8. The first kappa shape index (κ1) is 24.6. The molecule has 2 aromatic carbocycles. The number of ether oxygens (including phenoxy) is 2. The SMILES string of the molecule is O=C(COc1ccc(-c2cnccn2)cc1CN1CCOCC1)NCc1cccc(C(F)(F)F)c1. The smallest absolute Gasteiger partial charge is 0.416 e. The highest BCUT2D eigenvalue weighted by molar-refractivity contribution is 5.77. The Hall–Kier alpha value is -3.50. The first-order chi connectivity index (χ1) is 16.9. The molecule has 1 aliphatic rings. The molecule has 1 aromatic heterocycles. The average Bonchev–Trinajstić information content (AvgIpc) is 2.87. The predicted molar refractivity (Wildman–Crippen MR) is 122 cm³/mol. The maximum atomic E-state index is 12.9. The number of aromatic nitrogens is 2. The Morgan fingerprint density at radius 2 is 1.94 bits per heavy atom. The van der Waals surface area contributed by atoms with Crippen molar-refractivity contribution in [2.45, 2.75) is 19.3 Å². The van der Waals surface area contributed by atoms with Gasteiger partial charge in [0.25, 0.3) is 5.91 Å². The van der Waals surface area contributed by atoms with Gasteiger partial charge in [0.1, 0.15) is 5.75 Å². The Balaban J connectivity index is 1.41. The van der Waals surface area contributed by atoms with Crippen molar-refractivity contribution in [2.75, 3.05) is 32.9 Å². The van der Waals surface area contributed by atoms with Gasteiger partial charge in [-0.1, -0.05) is 12.1 Å². The summed E-state index contributed by atoms with van der Waals surface area (Å²) in [4.78, 5) is 23.1. The average molecular weight is 486 g/mol. The third-order valence-corrected chi connectivity index (χ3v) is 5.52. The Bertz CT molecular complexity index is 1140. The molecule has 2 heterocycles. The molecule has 184 valence electrons. The van der Waals surface area contributed by atoms with Crippen LogP contribution < -0.4 is 10.1 Å². The summed E-state index contributed by atoms with van der Waals surface area (Å²) < 4.78 is 49.9. The molecule has 1 amide bonds. The first-order valence-corrected chi connectivity index (χ1v) is 11.1. The topological polar surface area (TPSA) is 76.6 Å². The summed E-state index contributed by atoms with van der Waals surface area (Å²) in [5, 5.41) is 2.61. The Morgan fingerprint density at radius 1 is 1.11 bits per heavy atom. The zero-order valence-electron chi connectivity index (χ0n) is 18.9. The van der Waals surface area contributed by atoms with Crippen LogP contribution in [0, 0.1) is 0 Å². The number of nitrogens with zero attached hydrogens (tertiary/aromatic N) is 3. The fourth-order valence-corrected chi connectivity index (χ4v) is 3.70. The van der Waals surface area contributed by atoms with Crippen molar-refractivity contribution < 1.29 is 27.4 Å². The molecule has 1 aliphatic heterocycles. The molecule has 3 aromatic rings. The number of carbonyl (C=O) groups is 1. The second-order valence-electron chi connectivity index (χ2n) is 8.07. The summed E-state index contributed by atoms with van der Waals surface area (Å²) >= 11 is 0. The molecule has 7 nitrogen and oxygen atoms in total. The number of benzene rings is 2. The number of alkyl halides is 3. The minimum absolute atomic E-state index is 0.0294. The van der Waals surface area contributed by atoms with Gasteiger partial charge >= 0.3 is 6.18 Å². The normalized spacial score (nSPS) is 14.5. The van der Waals surface area contributed by atoms with E-state index in [1.807, 2.05) is 12.1 Å². The summed E-state index contributed by atoms with van der Waals surface area (Å²) in [7, 11) is 0. The van der Waals surface area contributed by atoms with E-state index >= 15 is 0 Å². The zero-order chi connectivity index (χ0) is 24.7. The third kappa shape index (κ3) is 7.00. The molecule has 1 fully saturated rings. The summed E-state index contributed by atoms with van der Waals surface area (Å²) in [6, 6.07) is 10.5. The van der Waals surface area contributed by atoms with Gasteiger partial charge < -0.3 is 14.8 Å². The van der Waals surface area contributed by atoms with Gasteiger partial charge in [0.2, 0.25) is 0 Å². The molecule has 0 radical (unpaired) electrons. The lowest BCUT2D eigenvalue weighted by molar-refractivity contribution is -0.137. The molecule has 0 aliphatic carbocycles. The van der Waals surface area contributed by atoms with Crippen molar-refractivity contribution in [1.82, 2.24) is 20.2 Å². The van der Waals surface area contributed by atoms with Gasteiger partial charge in [-0.2, -0.15) is 13.2 Å². The van der Waals surface area contributed by atoms with Gasteiger partial charge in [0.15, 0.2) is 6.61 Å². The van der Waals surface area contributed by atoms with Gasteiger partial charge in [0.05, 0.1) is 30.7 Å². The maximum Gasteiger partial charge on any atom is 0.416 e. The van der Waals surface area contributed by atoms with Crippen molar-refractivity contribution in [3.05, 3.63) is 77.7 Å². The summed E-state index contributed by atoms with van der Waals surface area (Å²) in [6.45, 7) is 3.19. The number of nitrogens with one attached hydrogen (secondary N) is 1. The number of morpholine rings is 1. The predicted octanol–water partition coefficient (Wildman–Crippen LogP) is 3.69. The number of halogens is 3. The first-order valence-electron chi connectivity index (χ1n) is 11.1. The number of hydrogen-bond donors (Lipinski definition) is 1. The van der Waals surface area contributed by atoms with E-state index in [-0.39, 0.29) is 13.2 Å². The van der Waals surface area contributed by atoms with Gasteiger partial charge in [-0.3, -0.25) is 19.7 Å². The second-order valence-corrected chi connectivity index (χ2v) is 8.07. The largest absolute Gasteiger partial charge is 0.483 e. The van der Waals surface area contributed by atoms with E-state index in [2.05, 4.69) is 20.2 Å². The molecule has 4 rings (SSSR count). The van der Waals surface area contributed by atoms with Crippen LogP contribution >= 0.6 is 0 Å². The Morgan fingerprint density at radius 3 is 2.69 bits per heavy atom. The van der Waals surface area contributed by atoms with E-state index < -0.39 is 17.6 Å². The van der Waals surface area contributed by atoms with E-state index in [9.17, 15) is 18.0 Å². The number of amides is 1. The van der Waals surface area contributed by atoms with Crippen LogP contribution in [-0.4, -0.2) is 53.7 Å². The van der Waals surface area contributed by atoms with E-state index in [0.29, 0.717) is 31.1 Å². The minimum Gasteiger partial charge on any atom is -0.483 e. The highest BCUT2D eigenvalue weighted by Crippen LogP contribution is 2.30. The highest BCUT2D eigenvalue weighted by atomic mass is 19.4. The molecule has 1 N–H and O–H groups in total. The standard InChI is InChI=1S/C25H25F3N4O3/c26-25(27,28)21-3-1-2-18(12-21)14-31-24(33)17-35-23-5-4-19(22-15-29-6-7-30-22)13-20(23)16-32-8-10-34-11-9-32/h1-7,12-13,15H,8-11,14,16-17H2,(H,31,33). The van der Waals surface area contributed by atoms with Gasteiger partial charge in [-0.15, -0.1) is 0 Å². The zero-order valence-corrected chi connectivity index (χ0v) is 18.9. The molecule has 0 atom stereocenters. The van der Waals surface area contributed by atoms with Crippen LogP contribution in [0.25, 0.3) is 11.3 Å². The van der Waals surface area contributed by atoms with Gasteiger partial charge in [-0.05, 0) is 35.9 Å². The lowest BCUT2D eigenvalue weighted by atomic mass is 10.1. The third-order valence-electron chi connectivity index (χ3n) is 5.52. The van der Waals surface area contributed by atoms with Crippen LogP contribution in [0.1, 0.15) is 16.7 Å². The second kappa shape index (κ2) is 11.3. The molecule has 0 bridgehead atoms. The van der Waals surface area contributed by atoms with E-state index in [1.54, 1.807) is 24.7 Å². The summed E-state index contributed by atoms with van der Waals surface area (Å²) in [5.74, 6) is 0.121. The fraction of sp³-hybridized carbons (Fsp3) is 0.320. The Kier molecular flexibility index (Phi) is 7.94. The van der Waals surface area contributed by atoms with Crippen molar-refractivity contribution in [3.8, 4) is 17.0 Å². The lowest BCUT2D eigenvalue weighted by Gasteiger charge is -2.27. The van der Waals surface area contributed by atoms with Crippen LogP contribution in [0.5, 0.6) is 5.75 Å². The van der Waals surface area contributed by atoms with E-state index in [4.69, 9.17) is 9.47 Å². The molecule has 0 saturated carbocycles. The van der Waals surface area contributed by atoms with Crippen LogP contribution in [0.4, 0.5) is 13.2 Å². The quantitative estimate of drug-likeness (QED) is 0.524. The molecular formula is C25H25F3N4O3. The van der Waals surface area contributed by atoms with E-state index in [0.717, 1.165) is 42.0 Å². The molecule has 0 unspecified atom stereocenters. The van der Waals surface area contributed by atoms with Crippen LogP contribution in [-0.2, 0) is 28.8 Å². The van der Waals surface area contributed by atoms with Crippen LogP contribution in [0.15, 0.2) is 61.1 Å². The van der Waals surface area contributed by atoms with Gasteiger partial charge in [-0.25, -0.2) is 0 Å². The molecule has 0 spiro atoms. The van der Waals surface area contributed by atoms with E-state index in [1.165, 1.54) is 12.1 Å². The van der Waals surface area contributed by atoms with Crippen molar-refractivity contribution >= 4 is 5.91 Å². The maximum absolute atomic E-state index is 12.9. The van der Waals surface area contributed by atoms with Gasteiger partial charge in [0, 0.05) is 49.7 Å². The van der Waals surface area contributed by atoms with Crippen molar-refractivity contribution in [2.24, 2.45) is 0 Å². The molecule has 10 heteroatoms. The summed E-state index contributed by atoms with van der Waals surface area (Å²) in [6.07, 6.45) is 0.469. The Labute approximate surface area is 200 Å². The lowest BCUT2D eigenvalue weighted by Crippen LogP contribution is -2.35. The number of carbonyl (C=O) groups excluding carboxylic acids is 1. The monoisotopic (exact) mass is 486 g/mol. The molecule has 35 heavy (non-hydrogen) atoms. The minimum atomic E-state index is -4.43. The highest BCUT2D eigenvalue weighted by Gasteiger charge is 2.30. The molecular weight excluding hydrogens is 461 g/mol. The van der Waals surface area contributed by atoms with Crippen molar-refractivity contribution in [3.63, 3.8) is 0 Å². The van der Waals surface area contributed by atoms with Crippen LogP contribution in [0.3, 0.4) is 0 Å². The number of hydrogen-bond acceptors (Lipinski definition) is 6.